The van der Waals surface area contributed by atoms with Crippen molar-refractivity contribution in [1.82, 2.24) is 0 Å². The normalized spacial score (nSPS) is 30.7. The average Bonchev–Trinajstić information content (AvgIpc) is 3.55. The third-order valence-corrected chi connectivity index (χ3v) is 8.26. The first-order valence-electron chi connectivity index (χ1n) is 15.7. The third kappa shape index (κ3) is 8.56. The van der Waals surface area contributed by atoms with E-state index in [0.717, 1.165) is 16.7 Å². The first kappa shape index (κ1) is 32.2. The van der Waals surface area contributed by atoms with Crippen molar-refractivity contribution in [2.75, 3.05) is 20.3 Å². The molecular weight excluding hydrogens is 576 g/mol. The number of rotatable bonds is 14. The van der Waals surface area contributed by atoms with E-state index in [1.807, 2.05) is 80.6 Å². The highest BCUT2D eigenvalue weighted by Gasteiger charge is 2.56. The molecule has 3 aromatic carbocycles. The Hall–Kier alpha value is -2.70. The second kappa shape index (κ2) is 15.3. The standard InChI is InChI=1S/C36H44O9/c1-36(2)44-33-30(43-35(37-3)34(33)45-36)24-40-31-19-28(39-21-26-15-9-5-10-16-26)32(41-22-27-17-11-6-12-18-27)29(42-31)23-38-20-25-13-7-4-8-14-25/h4-18,28-35H,19-24H2,1-3H3/t28?,29?,30-,31?,32?,33-,34-,35-/m1/s1. The Labute approximate surface area is 265 Å². The van der Waals surface area contributed by atoms with E-state index in [-0.39, 0.29) is 37.1 Å². The summed E-state index contributed by atoms with van der Waals surface area (Å²) in [5.74, 6) is -0.726. The highest BCUT2D eigenvalue weighted by molar-refractivity contribution is 5.15. The molecule has 0 spiro atoms. The molecule has 0 saturated carbocycles. The monoisotopic (exact) mass is 620 g/mol. The summed E-state index contributed by atoms with van der Waals surface area (Å²) in [7, 11) is 1.61. The lowest BCUT2D eigenvalue weighted by molar-refractivity contribution is -0.288. The second-order valence-corrected chi connectivity index (χ2v) is 12.1. The topological polar surface area (TPSA) is 83.1 Å². The summed E-state index contributed by atoms with van der Waals surface area (Å²) < 4.78 is 56.1. The van der Waals surface area contributed by atoms with Gasteiger partial charge in [-0.15, -0.1) is 0 Å². The molecule has 3 aliphatic heterocycles. The fourth-order valence-electron chi connectivity index (χ4n) is 6.09. The fourth-order valence-corrected chi connectivity index (χ4v) is 6.09. The molecule has 242 valence electrons. The molecule has 8 atom stereocenters. The van der Waals surface area contributed by atoms with Crippen LogP contribution >= 0.6 is 0 Å². The van der Waals surface area contributed by atoms with Gasteiger partial charge < -0.3 is 42.6 Å². The number of methoxy groups -OCH3 is 1. The van der Waals surface area contributed by atoms with Crippen molar-refractivity contribution in [2.24, 2.45) is 0 Å². The summed E-state index contributed by atoms with van der Waals surface area (Å²) in [6, 6.07) is 30.3. The minimum absolute atomic E-state index is 0.240. The van der Waals surface area contributed by atoms with Crippen molar-refractivity contribution >= 4 is 0 Å². The zero-order valence-corrected chi connectivity index (χ0v) is 26.2. The number of ether oxygens (including phenoxy) is 9. The molecule has 0 radical (unpaired) electrons. The molecule has 0 aromatic heterocycles. The van der Waals surface area contributed by atoms with Crippen molar-refractivity contribution < 1.29 is 42.6 Å². The number of benzene rings is 3. The Kier molecular flexibility index (Phi) is 10.9. The predicted molar refractivity (Wildman–Crippen MR) is 165 cm³/mol. The zero-order valence-electron chi connectivity index (χ0n) is 26.2. The van der Waals surface area contributed by atoms with Gasteiger partial charge in [-0.1, -0.05) is 91.0 Å². The molecular formula is C36H44O9. The van der Waals surface area contributed by atoms with Gasteiger partial charge in [0.2, 0.25) is 0 Å². The lowest BCUT2D eigenvalue weighted by Crippen LogP contribution is -2.53. The number of hydrogen-bond donors (Lipinski definition) is 0. The fraction of sp³-hybridized carbons (Fsp3) is 0.500. The Morgan fingerprint density at radius 2 is 1.22 bits per heavy atom. The molecule has 3 aliphatic rings. The molecule has 9 nitrogen and oxygen atoms in total. The molecule has 3 aromatic rings. The first-order chi connectivity index (χ1) is 22.0. The molecule has 0 bridgehead atoms. The molecule has 4 unspecified atom stereocenters. The smallest absolute Gasteiger partial charge is 0.186 e. The van der Waals surface area contributed by atoms with Gasteiger partial charge in [0.15, 0.2) is 18.4 Å². The van der Waals surface area contributed by atoms with E-state index in [4.69, 9.17) is 42.6 Å². The molecule has 3 heterocycles. The Morgan fingerprint density at radius 3 is 1.84 bits per heavy atom. The summed E-state index contributed by atoms with van der Waals surface area (Å²) in [6.45, 7) is 5.65. The highest BCUT2D eigenvalue weighted by atomic mass is 16.8. The molecule has 45 heavy (non-hydrogen) atoms. The molecule has 3 fully saturated rings. The van der Waals surface area contributed by atoms with E-state index < -0.39 is 24.5 Å². The predicted octanol–water partition coefficient (Wildman–Crippen LogP) is 5.40. The van der Waals surface area contributed by atoms with Crippen LogP contribution in [0.3, 0.4) is 0 Å². The second-order valence-electron chi connectivity index (χ2n) is 12.1. The Balaban J connectivity index is 1.16. The van der Waals surface area contributed by atoms with Crippen molar-refractivity contribution in [3.63, 3.8) is 0 Å². The lowest BCUT2D eigenvalue weighted by atomic mass is 10.0. The minimum Gasteiger partial charge on any atom is -0.374 e. The minimum atomic E-state index is -0.726. The first-order valence-corrected chi connectivity index (χ1v) is 15.7. The molecule has 3 saturated heterocycles. The SMILES string of the molecule is CO[C@@H]1O[C@H](COC2CC(OCc3ccccc3)C(OCc3ccccc3)C(COCc3ccccc3)O2)[C@H]2OC(C)(C)O[C@@H]12. The van der Waals surface area contributed by atoms with Crippen molar-refractivity contribution in [1.29, 1.82) is 0 Å². The van der Waals surface area contributed by atoms with Crippen LogP contribution in [0.15, 0.2) is 91.0 Å². The summed E-state index contributed by atoms with van der Waals surface area (Å²) in [6.07, 6.45) is -2.80. The number of fused-ring (bicyclic) bond motifs is 1. The van der Waals surface area contributed by atoms with Crippen molar-refractivity contribution in [3.05, 3.63) is 108 Å². The van der Waals surface area contributed by atoms with E-state index in [1.165, 1.54) is 0 Å². The van der Waals surface area contributed by atoms with Gasteiger partial charge in [-0.05, 0) is 30.5 Å². The highest BCUT2D eigenvalue weighted by Crippen LogP contribution is 2.39. The average molecular weight is 621 g/mol. The Bertz CT molecular complexity index is 1290. The van der Waals surface area contributed by atoms with Gasteiger partial charge in [0.05, 0.1) is 39.1 Å². The van der Waals surface area contributed by atoms with Gasteiger partial charge in [0, 0.05) is 13.5 Å². The van der Waals surface area contributed by atoms with E-state index in [9.17, 15) is 0 Å². The molecule has 0 amide bonds. The van der Waals surface area contributed by atoms with E-state index in [1.54, 1.807) is 7.11 Å². The maximum absolute atomic E-state index is 6.56. The Morgan fingerprint density at radius 1 is 0.644 bits per heavy atom. The summed E-state index contributed by atoms with van der Waals surface area (Å²) in [4.78, 5) is 0. The maximum Gasteiger partial charge on any atom is 0.186 e. The van der Waals surface area contributed by atoms with Crippen LogP contribution < -0.4 is 0 Å². The van der Waals surface area contributed by atoms with Crippen LogP contribution in [0.5, 0.6) is 0 Å². The summed E-state index contributed by atoms with van der Waals surface area (Å²) >= 11 is 0. The van der Waals surface area contributed by atoms with Gasteiger partial charge in [-0.3, -0.25) is 0 Å². The number of hydrogen-bond acceptors (Lipinski definition) is 9. The molecule has 0 N–H and O–H groups in total. The van der Waals surface area contributed by atoms with Crippen LogP contribution in [0.25, 0.3) is 0 Å². The van der Waals surface area contributed by atoms with E-state index >= 15 is 0 Å². The van der Waals surface area contributed by atoms with Crippen LogP contribution in [-0.2, 0) is 62.5 Å². The maximum atomic E-state index is 6.56. The zero-order chi connectivity index (χ0) is 31.1. The summed E-state index contributed by atoms with van der Waals surface area (Å²) in [5.41, 5.74) is 3.24. The van der Waals surface area contributed by atoms with Gasteiger partial charge in [-0.2, -0.15) is 0 Å². The lowest BCUT2D eigenvalue weighted by Gasteiger charge is -2.41. The van der Waals surface area contributed by atoms with Crippen LogP contribution in [0.1, 0.15) is 37.0 Å². The largest absolute Gasteiger partial charge is 0.374 e. The van der Waals surface area contributed by atoms with Gasteiger partial charge in [0.1, 0.15) is 30.5 Å². The molecule has 0 aliphatic carbocycles. The third-order valence-electron chi connectivity index (χ3n) is 8.26. The van der Waals surface area contributed by atoms with Crippen LogP contribution in [0.4, 0.5) is 0 Å². The van der Waals surface area contributed by atoms with Gasteiger partial charge in [0.25, 0.3) is 0 Å². The quantitative estimate of drug-likeness (QED) is 0.235. The molecule has 6 rings (SSSR count). The van der Waals surface area contributed by atoms with E-state index in [2.05, 4.69) is 24.3 Å². The van der Waals surface area contributed by atoms with Crippen LogP contribution in [0, 0.1) is 0 Å². The van der Waals surface area contributed by atoms with Gasteiger partial charge in [-0.25, -0.2) is 0 Å². The van der Waals surface area contributed by atoms with E-state index in [0.29, 0.717) is 32.8 Å². The van der Waals surface area contributed by atoms with Crippen LogP contribution in [0.2, 0.25) is 0 Å². The van der Waals surface area contributed by atoms with Gasteiger partial charge >= 0.3 is 0 Å². The van der Waals surface area contributed by atoms with Crippen molar-refractivity contribution in [3.8, 4) is 0 Å². The molecule has 9 heteroatoms. The van der Waals surface area contributed by atoms with Crippen LogP contribution in [-0.4, -0.2) is 75.3 Å². The van der Waals surface area contributed by atoms with Crippen molar-refractivity contribution in [2.45, 2.75) is 95.1 Å². The summed E-state index contributed by atoms with van der Waals surface area (Å²) in [5, 5.41) is 0.